The molecule has 2 heterocycles. The van der Waals surface area contributed by atoms with Crippen molar-refractivity contribution in [2.75, 3.05) is 4.90 Å². The van der Waals surface area contributed by atoms with Crippen molar-refractivity contribution < 1.29 is 14.0 Å². The zero-order valence-corrected chi connectivity index (χ0v) is 17.9. The first-order valence-electron chi connectivity index (χ1n) is 9.76. The van der Waals surface area contributed by atoms with Gasteiger partial charge < -0.3 is 9.73 Å². The zero-order valence-electron chi connectivity index (χ0n) is 16.4. The number of furan rings is 1. The van der Waals surface area contributed by atoms with Crippen LogP contribution in [0.25, 0.3) is 0 Å². The Labute approximate surface area is 183 Å². The molecule has 0 saturated heterocycles. The molecule has 0 bridgehead atoms. The molecule has 1 N–H and O–H groups in total. The molecule has 1 fully saturated rings. The Morgan fingerprint density at radius 2 is 1.93 bits per heavy atom. The van der Waals surface area contributed by atoms with E-state index in [0.717, 1.165) is 37.2 Å². The molecule has 9 heteroatoms. The monoisotopic (exact) mass is 444 g/mol. The molecule has 1 aliphatic rings. The molecule has 0 aliphatic heterocycles. The van der Waals surface area contributed by atoms with Crippen LogP contribution in [-0.4, -0.2) is 27.4 Å². The Kier molecular flexibility index (Phi) is 6.15. The van der Waals surface area contributed by atoms with Gasteiger partial charge in [-0.1, -0.05) is 28.9 Å². The second kappa shape index (κ2) is 8.97. The second-order valence-corrected chi connectivity index (χ2v) is 8.33. The smallest absolute Gasteiger partial charge is 0.280 e. The van der Waals surface area contributed by atoms with Gasteiger partial charge in [-0.05, 0) is 67.7 Å². The van der Waals surface area contributed by atoms with Gasteiger partial charge in [0.15, 0.2) is 11.7 Å². The topological polar surface area (TPSA) is 88.3 Å². The van der Waals surface area contributed by atoms with Crippen LogP contribution in [0.1, 0.15) is 53.7 Å². The minimum Gasteiger partial charge on any atom is -0.464 e. The number of amides is 2. The standard InChI is InChI=1S/C21H21ClN4O3S/c1-13-6-11-18(29-13)19(20(27)23-15-4-2-3-5-15)26(16-9-7-14(22)8-10-16)21(28)17-12-30-25-24-17/h6-12,15,19H,2-5H2,1H3,(H,23,27). The van der Waals surface area contributed by atoms with Gasteiger partial charge in [-0.3, -0.25) is 14.5 Å². The average Bonchev–Trinajstić information content (AvgIpc) is 3.49. The molecule has 1 saturated carbocycles. The van der Waals surface area contributed by atoms with Crippen LogP contribution in [-0.2, 0) is 4.79 Å². The fourth-order valence-electron chi connectivity index (χ4n) is 3.69. The minimum absolute atomic E-state index is 0.0965. The molecule has 1 unspecified atom stereocenters. The highest BCUT2D eigenvalue weighted by molar-refractivity contribution is 7.03. The van der Waals surface area contributed by atoms with Gasteiger partial charge in [0, 0.05) is 22.1 Å². The van der Waals surface area contributed by atoms with Gasteiger partial charge in [-0.15, -0.1) is 5.10 Å². The van der Waals surface area contributed by atoms with Crippen LogP contribution >= 0.6 is 23.1 Å². The predicted octanol–water partition coefficient (Wildman–Crippen LogP) is 4.54. The number of carbonyl (C=O) groups excluding carboxylic acids is 2. The molecule has 4 rings (SSSR count). The largest absolute Gasteiger partial charge is 0.464 e. The van der Waals surface area contributed by atoms with Crippen LogP contribution in [0.5, 0.6) is 0 Å². The first kappa shape index (κ1) is 20.6. The third kappa shape index (κ3) is 4.39. The normalized spacial score (nSPS) is 15.1. The summed E-state index contributed by atoms with van der Waals surface area (Å²) in [5.41, 5.74) is 0.676. The highest BCUT2D eigenvalue weighted by atomic mass is 35.5. The highest BCUT2D eigenvalue weighted by Gasteiger charge is 2.37. The van der Waals surface area contributed by atoms with Gasteiger partial charge in [0.05, 0.1) is 0 Å². The SMILES string of the molecule is Cc1ccc(C(C(=O)NC2CCCC2)N(C(=O)c2csnn2)c2ccc(Cl)cc2)o1. The van der Waals surface area contributed by atoms with E-state index in [4.69, 9.17) is 16.0 Å². The van der Waals surface area contributed by atoms with E-state index >= 15 is 0 Å². The van der Waals surface area contributed by atoms with Gasteiger partial charge in [0.2, 0.25) is 0 Å². The molecule has 0 radical (unpaired) electrons. The minimum atomic E-state index is -0.991. The van der Waals surface area contributed by atoms with Gasteiger partial charge in [-0.2, -0.15) is 0 Å². The van der Waals surface area contributed by atoms with Crippen LogP contribution in [0.3, 0.4) is 0 Å². The van der Waals surface area contributed by atoms with Crippen molar-refractivity contribution in [1.29, 1.82) is 0 Å². The molecule has 1 aromatic carbocycles. The maximum atomic E-state index is 13.4. The number of carbonyl (C=O) groups is 2. The Balaban J connectivity index is 1.78. The number of halogens is 1. The van der Waals surface area contributed by atoms with E-state index in [2.05, 4.69) is 14.9 Å². The Hall–Kier alpha value is -2.71. The second-order valence-electron chi connectivity index (χ2n) is 7.28. The Morgan fingerprint density at radius 3 is 2.53 bits per heavy atom. The quantitative estimate of drug-likeness (QED) is 0.603. The summed E-state index contributed by atoms with van der Waals surface area (Å²) >= 11 is 7.12. The van der Waals surface area contributed by atoms with Crippen LogP contribution < -0.4 is 10.2 Å². The van der Waals surface area contributed by atoms with Gasteiger partial charge in [0.1, 0.15) is 11.5 Å². The Bertz CT molecular complexity index is 1010. The number of rotatable bonds is 6. The fraction of sp³-hybridized carbons (Fsp3) is 0.333. The molecule has 0 spiro atoms. The van der Waals surface area contributed by atoms with E-state index in [0.29, 0.717) is 22.2 Å². The van der Waals surface area contributed by atoms with Crippen molar-refractivity contribution in [2.45, 2.75) is 44.7 Å². The molecule has 1 aliphatic carbocycles. The maximum absolute atomic E-state index is 13.4. The van der Waals surface area contributed by atoms with Gasteiger partial charge in [-0.25, -0.2) is 0 Å². The number of hydrogen-bond acceptors (Lipinski definition) is 6. The number of benzene rings is 1. The lowest BCUT2D eigenvalue weighted by atomic mass is 10.1. The van der Waals surface area contributed by atoms with Crippen LogP contribution in [0, 0.1) is 6.92 Å². The maximum Gasteiger partial charge on any atom is 0.280 e. The predicted molar refractivity (Wildman–Crippen MR) is 115 cm³/mol. The van der Waals surface area contributed by atoms with Crippen LogP contribution in [0.15, 0.2) is 46.2 Å². The van der Waals surface area contributed by atoms with Crippen LogP contribution in [0.4, 0.5) is 5.69 Å². The fourth-order valence-corrected chi connectivity index (χ4v) is 4.25. The van der Waals surface area contributed by atoms with Crippen molar-refractivity contribution in [3.63, 3.8) is 0 Å². The van der Waals surface area contributed by atoms with Gasteiger partial charge in [0.25, 0.3) is 11.8 Å². The molecular weight excluding hydrogens is 424 g/mol. The van der Waals surface area contributed by atoms with E-state index in [1.807, 2.05) is 0 Å². The first-order chi connectivity index (χ1) is 14.5. The molecule has 156 valence electrons. The third-order valence-electron chi connectivity index (χ3n) is 5.14. The van der Waals surface area contributed by atoms with Crippen molar-refractivity contribution in [2.24, 2.45) is 0 Å². The summed E-state index contributed by atoms with van der Waals surface area (Å²) in [4.78, 5) is 28.3. The number of aryl methyl sites for hydroxylation is 1. The number of hydrogen-bond donors (Lipinski definition) is 1. The molecule has 1 atom stereocenters. The average molecular weight is 445 g/mol. The summed E-state index contributed by atoms with van der Waals surface area (Å²) in [5, 5.41) is 9.10. The summed E-state index contributed by atoms with van der Waals surface area (Å²) < 4.78 is 9.61. The molecule has 3 aromatic rings. The van der Waals surface area contributed by atoms with E-state index < -0.39 is 11.9 Å². The number of aromatic nitrogens is 2. The van der Waals surface area contributed by atoms with Crippen molar-refractivity contribution in [3.05, 3.63) is 64.0 Å². The van der Waals surface area contributed by atoms with E-state index in [9.17, 15) is 9.59 Å². The van der Waals surface area contributed by atoms with E-state index in [-0.39, 0.29) is 17.6 Å². The lowest BCUT2D eigenvalue weighted by Crippen LogP contribution is -2.46. The van der Waals surface area contributed by atoms with E-state index in [1.54, 1.807) is 48.7 Å². The van der Waals surface area contributed by atoms with Crippen molar-refractivity contribution >= 4 is 40.6 Å². The number of nitrogens with zero attached hydrogens (tertiary/aromatic N) is 3. The summed E-state index contributed by atoms with van der Waals surface area (Å²) in [6.45, 7) is 1.80. The zero-order chi connectivity index (χ0) is 21.1. The molecular formula is C21H21ClN4O3S. The van der Waals surface area contributed by atoms with Gasteiger partial charge >= 0.3 is 0 Å². The third-order valence-corrected chi connectivity index (χ3v) is 5.90. The first-order valence-corrected chi connectivity index (χ1v) is 11.0. The summed E-state index contributed by atoms with van der Waals surface area (Å²) in [7, 11) is 0. The molecule has 2 aromatic heterocycles. The summed E-state index contributed by atoms with van der Waals surface area (Å²) in [5.74, 6) is 0.311. The Morgan fingerprint density at radius 1 is 1.20 bits per heavy atom. The highest BCUT2D eigenvalue weighted by Crippen LogP contribution is 2.32. The number of nitrogens with one attached hydrogen (secondary N) is 1. The molecule has 2 amide bonds. The van der Waals surface area contributed by atoms with Crippen LogP contribution in [0.2, 0.25) is 5.02 Å². The van der Waals surface area contributed by atoms with Crippen molar-refractivity contribution in [3.8, 4) is 0 Å². The molecule has 30 heavy (non-hydrogen) atoms. The van der Waals surface area contributed by atoms with E-state index in [1.165, 1.54) is 4.90 Å². The summed E-state index contributed by atoms with van der Waals surface area (Å²) in [6.07, 6.45) is 4.03. The summed E-state index contributed by atoms with van der Waals surface area (Å²) in [6, 6.07) is 9.36. The molecule has 7 nitrogen and oxygen atoms in total. The lowest BCUT2D eigenvalue weighted by molar-refractivity contribution is -0.123. The lowest BCUT2D eigenvalue weighted by Gasteiger charge is -2.30. The van der Waals surface area contributed by atoms with Crippen molar-refractivity contribution in [1.82, 2.24) is 14.9 Å². The number of anilines is 1.